The summed E-state index contributed by atoms with van der Waals surface area (Å²) >= 11 is 0. The first kappa shape index (κ1) is 17.2. The molecule has 0 saturated carbocycles. The number of rotatable bonds is 5. The molecule has 0 spiro atoms. The Bertz CT molecular complexity index is 604. The highest BCUT2D eigenvalue weighted by molar-refractivity contribution is 5.95. The lowest BCUT2D eigenvalue weighted by molar-refractivity contribution is 0.0526. The van der Waals surface area contributed by atoms with Gasteiger partial charge in [-0.05, 0) is 19.9 Å². The lowest BCUT2D eigenvalue weighted by Gasteiger charge is -2.35. The number of ether oxygens (including phenoxy) is 1. The van der Waals surface area contributed by atoms with E-state index < -0.39 is 5.97 Å². The van der Waals surface area contributed by atoms with Crippen molar-refractivity contribution in [1.82, 2.24) is 9.88 Å². The molecular formula is C16H22N4O3. The van der Waals surface area contributed by atoms with Crippen molar-refractivity contribution in [2.75, 3.05) is 50.8 Å². The fraction of sp³-hybridized carbons (Fsp3) is 0.562. The molecule has 1 aromatic rings. The molecule has 0 radical (unpaired) electrons. The van der Waals surface area contributed by atoms with Crippen LogP contribution in [0.15, 0.2) is 6.07 Å². The molecule has 0 amide bonds. The molecule has 1 aliphatic heterocycles. The number of carbonyl (C=O) groups excluding carboxylic acids is 1. The molecule has 1 aromatic heterocycles. The summed E-state index contributed by atoms with van der Waals surface area (Å²) < 4.78 is 5.10. The van der Waals surface area contributed by atoms with Crippen molar-refractivity contribution < 1.29 is 14.6 Å². The van der Waals surface area contributed by atoms with E-state index in [9.17, 15) is 4.79 Å². The van der Waals surface area contributed by atoms with E-state index in [1.807, 2.05) is 4.90 Å². The Hall–Kier alpha value is -2.17. The van der Waals surface area contributed by atoms with Crippen LogP contribution in [0, 0.1) is 18.3 Å². The molecule has 7 heteroatoms. The van der Waals surface area contributed by atoms with Gasteiger partial charge in [0.25, 0.3) is 0 Å². The van der Waals surface area contributed by atoms with Crippen LogP contribution in [-0.2, 0) is 4.74 Å². The zero-order valence-electron chi connectivity index (χ0n) is 13.6. The molecule has 1 fully saturated rings. The minimum absolute atomic E-state index is 0.141. The van der Waals surface area contributed by atoms with Gasteiger partial charge in [-0.25, -0.2) is 9.78 Å². The van der Waals surface area contributed by atoms with Crippen LogP contribution in [-0.4, -0.2) is 66.9 Å². The van der Waals surface area contributed by atoms with Gasteiger partial charge in [0, 0.05) is 32.7 Å². The number of piperazine rings is 1. The van der Waals surface area contributed by atoms with Gasteiger partial charge in [-0.3, -0.25) is 4.90 Å². The normalized spacial score (nSPS) is 15.3. The number of hydrogen-bond donors (Lipinski definition) is 1. The van der Waals surface area contributed by atoms with E-state index in [0.29, 0.717) is 42.3 Å². The van der Waals surface area contributed by atoms with E-state index in [2.05, 4.69) is 16.0 Å². The number of pyridine rings is 1. The summed E-state index contributed by atoms with van der Waals surface area (Å²) in [5, 5.41) is 18.2. The van der Waals surface area contributed by atoms with Crippen LogP contribution in [0.4, 0.5) is 5.82 Å². The monoisotopic (exact) mass is 318 g/mol. The van der Waals surface area contributed by atoms with Crippen molar-refractivity contribution in [3.63, 3.8) is 0 Å². The Balaban J connectivity index is 2.28. The lowest BCUT2D eigenvalue weighted by atomic mass is 10.1. The van der Waals surface area contributed by atoms with Crippen molar-refractivity contribution in [3.8, 4) is 6.07 Å². The Morgan fingerprint density at radius 3 is 2.70 bits per heavy atom. The molecule has 0 aliphatic carbocycles. The summed E-state index contributed by atoms with van der Waals surface area (Å²) in [6.07, 6.45) is 0. The summed E-state index contributed by atoms with van der Waals surface area (Å²) in [4.78, 5) is 20.9. The van der Waals surface area contributed by atoms with Crippen molar-refractivity contribution >= 4 is 11.8 Å². The Morgan fingerprint density at radius 2 is 2.13 bits per heavy atom. The molecule has 1 saturated heterocycles. The van der Waals surface area contributed by atoms with Gasteiger partial charge in [-0.15, -0.1) is 0 Å². The summed E-state index contributed by atoms with van der Waals surface area (Å²) in [6.45, 7) is 7.60. The van der Waals surface area contributed by atoms with Crippen molar-refractivity contribution in [3.05, 3.63) is 22.9 Å². The molecule has 1 N–H and O–H groups in total. The number of β-amino-alcohol motifs (C(OH)–C–C–N with tert-alkyl or cyclic N) is 1. The van der Waals surface area contributed by atoms with E-state index in [1.165, 1.54) is 0 Å². The minimum atomic E-state index is -0.454. The van der Waals surface area contributed by atoms with E-state index in [1.54, 1.807) is 19.9 Å². The fourth-order valence-electron chi connectivity index (χ4n) is 2.63. The molecule has 2 heterocycles. The van der Waals surface area contributed by atoms with Crippen molar-refractivity contribution in [2.24, 2.45) is 0 Å². The third kappa shape index (κ3) is 3.97. The molecule has 7 nitrogen and oxygen atoms in total. The number of aliphatic hydroxyl groups excluding tert-OH is 1. The molecular weight excluding hydrogens is 296 g/mol. The highest BCUT2D eigenvalue weighted by Crippen LogP contribution is 2.23. The Morgan fingerprint density at radius 1 is 1.43 bits per heavy atom. The number of nitriles is 1. The number of carbonyl (C=O) groups is 1. The van der Waals surface area contributed by atoms with Gasteiger partial charge >= 0.3 is 5.97 Å². The first-order chi connectivity index (χ1) is 11.1. The second-order valence-corrected chi connectivity index (χ2v) is 5.38. The SMILES string of the molecule is CCOC(=O)c1cc(C#N)c(C)nc1N1CCN(CCO)CC1. The maximum absolute atomic E-state index is 12.2. The fourth-order valence-corrected chi connectivity index (χ4v) is 2.63. The third-order valence-corrected chi connectivity index (χ3v) is 3.90. The molecule has 23 heavy (non-hydrogen) atoms. The van der Waals surface area contributed by atoms with Crippen molar-refractivity contribution in [2.45, 2.75) is 13.8 Å². The van der Waals surface area contributed by atoms with Crippen LogP contribution >= 0.6 is 0 Å². The topological polar surface area (TPSA) is 89.7 Å². The quantitative estimate of drug-likeness (QED) is 0.793. The maximum atomic E-state index is 12.2. The molecule has 1 aliphatic rings. The number of aryl methyl sites for hydroxylation is 1. The second kappa shape index (κ2) is 7.90. The minimum Gasteiger partial charge on any atom is -0.462 e. The molecule has 2 rings (SSSR count). The molecule has 0 bridgehead atoms. The van der Waals surface area contributed by atoms with Gasteiger partial charge < -0.3 is 14.7 Å². The van der Waals surface area contributed by atoms with E-state index in [0.717, 1.165) is 13.1 Å². The average Bonchev–Trinajstić information content (AvgIpc) is 2.56. The summed E-state index contributed by atoms with van der Waals surface area (Å²) in [6, 6.07) is 3.63. The average molecular weight is 318 g/mol. The number of anilines is 1. The predicted molar refractivity (Wildman–Crippen MR) is 85.4 cm³/mol. The number of aliphatic hydroxyl groups is 1. The number of nitrogens with zero attached hydrogens (tertiary/aromatic N) is 4. The summed E-state index contributed by atoms with van der Waals surface area (Å²) in [5.74, 6) is 0.118. The maximum Gasteiger partial charge on any atom is 0.341 e. The second-order valence-electron chi connectivity index (χ2n) is 5.38. The Labute approximate surface area is 136 Å². The number of aromatic nitrogens is 1. The van der Waals surface area contributed by atoms with Crippen LogP contribution in [0.3, 0.4) is 0 Å². The predicted octanol–water partition coefficient (Wildman–Crippen LogP) is 0.553. The van der Waals surface area contributed by atoms with Crippen LogP contribution in [0.5, 0.6) is 0 Å². The summed E-state index contributed by atoms with van der Waals surface area (Å²) in [7, 11) is 0. The van der Waals surface area contributed by atoms with Gasteiger partial charge in [0.05, 0.1) is 24.5 Å². The summed E-state index contributed by atoms with van der Waals surface area (Å²) in [5.41, 5.74) is 1.33. The van der Waals surface area contributed by atoms with Crippen molar-refractivity contribution in [1.29, 1.82) is 5.26 Å². The highest BCUT2D eigenvalue weighted by Gasteiger charge is 2.24. The standard InChI is InChI=1S/C16H22N4O3/c1-3-23-16(22)14-10-13(11-17)12(2)18-15(14)20-6-4-19(5-7-20)8-9-21/h10,21H,3-9H2,1-2H3. The van der Waals surface area contributed by atoms with Crippen LogP contribution in [0.1, 0.15) is 28.5 Å². The van der Waals surface area contributed by atoms with Gasteiger partial charge in [0.15, 0.2) is 0 Å². The molecule has 124 valence electrons. The van der Waals surface area contributed by atoms with Gasteiger partial charge in [0.1, 0.15) is 17.5 Å². The Kier molecular flexibility index (Phi) is 5.90. The molecule has 0 aromatic carbocycles. The third-order valence-electron chi connectivity index (χ3n) is 3.90. The van der Waals surface area contributed by atoms with E-state index >= 15 is 0 Å². The smallest absolute Gasteiger partial charge is 0.341 e. The molecule has 0 unspecified atom stereocenters. The number of esters is 1. The van der Waals surface area contributed by atoms with Crippen LogP contribution in [0.25, 0.3) is 0 Å². The largest absolute Gasteiger partial charge is 0.462 e. The lowest BCUT2D eigenvalue weighted by Crippen LogP contribution is -2.48. The first-order valence-corrected chi connectivity index (χ1v) is 7.77. The van der Waals surface area contributed by atoms with Crippen LogP contribution in [0.2, 0.25) is 0 Å². The zero-order valence-corrected chi connectivity index (χ0v) is 13.6. The number of hydrogen-bond acceptors (Lipinski definition) is 7. The van der Waals surface area contributed by atoms with Gasteiger partial charge in [-0.2, -0.15) is 5.26 Å². The van der Waals surface area contributed by atoms with Gasteiger partial charge in [-0.1, -0.05) is 0 Å². The zero-order chi connectivity index (χ0) is 16.8. The molecule has 0 atom stereocenters. The van der Waals surface area contributed by atoms with Gasteiger partial charge in [0.2, 0.25) is 0 Å². The van der Waals surface area contributed by atoms with E-state index in [4.69, 9.17) is 15.1 Å². The first-order valence-electron chi connectivity index (χ1n) is 7.77. The highest BCUT2D eigenvalue weighted by atomic mass is 16.5. The van der Waals surface area contributed by atoms with E-state index in [-0.39, 0.29) is 13.2 Å². The van der Waals surface area contributed by atoms with Crippen LogP contribution < -0.4 is 4.90 Å².